The summed E-state index contributed by atoms with van der Waals surface area (Å²) < 4.78 is 0. The van der Waals surface area contributed by atoms with Crippen LogP contribution in [0.25, 0.3) is 21.2 Å². The number of hydrogen-bond acceptors (Lipinski definition) is 3. The summed E-state index contributed by atoms with van der Waals surface area (Å²) in [6.45, 7) is 1.54. The number of ketones is 1. The van der Waals surface area contributed by atoms with Gasteiger partial charge in [0.25, 0.3) is 0 Å². The topological polar surface area (TPSA) is 30.0 Å². The first-order valence-electron chi connectivity index (χ1n) is 5.70. The van der Waals surface area contributed by atoms with E-state index in [0.29, 0.717) is 5.01 Å². The van der Waals surface area contributed by atoms with Crippen LogP contribution in [-0.2, 0) is 0 Å². The second kappa shape index (κ2) is 4.35. The Balaban J connectivity index is 2.10. The summed E-state index contributed by atoms with van der Waals surface area (Å²) in [6, 6.07) is 14.5. The third kappa shape index (κ3) is 1.93. The van der Waals surface area contributed by atoms with Crippen LogP contribution < -0.4 is 0 Å². The number of rotatable bonds is 2. The van der Waals surface area contributed by atoms with Crippen molar-refractivity contribution in [2.24, 2.45) is 0 Å². The molecule has 1 aromatic heterocycles. The highest BCUT2D eigenvalue weighted by molar-refractivity contribution is 7.17. The molecule has 0 spiro atoms. The molecule has 0 saturated heterocycles. The fourth-order valence-electron chi connectivity index (χ4n) is 1.91. The number of Topliss-reactive ketones (excluding diaryl/α,β-unsaturated/α-hetero) is 1. The standard InChI is InChI=1S/C15H11NOS/c1-10(17)15-16-9-14(18-15)13-7-6-11-4-2-3-5-12(11)8-13/h2-9H,1H3. The number of benzene rings is 2. The maximum Gasteiger partial charge on any atom is 0.188 e. The van der Waals surface area contributed by atoms with Gasteiger partial charge in [0.15, 0.2) is 10.8 Å². The van der Waals surface area contributed by atoms with Gasteiger partial charge in [-0.2, -0.15) is 0 Å². The van der Waals surface area contributed by atoms with Crippen LogP contribution in [0.5, 0.6) is 0 Å². The largest absolute Gasteiger partial charge is 0.292 e. The lowest BCUT2D eigenvalue weighted by Crippen LogP contribution is -1.87. The zero-order valence-corrected chi connectivity index (χ0v) is 10.7. The molecule has 2 aromatic carbocycles. The molecule has 0 atom stereocenters. The van der Waals surface area contributed by atoms with E-state index in [1.54, 1.807) is 13.1 Å². The average Bonchev–Trinajstić information content (AvgIpc) is 2.88. The Morgan fingerprint density at radius 2 is 1.89 bits per heavy atom. The van der Waals surface area contributed by atoms with Crippen LogP contribution in [0.3, 0.4) is 0 Å². The van der Waals surface area contributed by atoms with Crippen molar-refractivity contribution in [1.29, 1.82) is 0 Å². The Hall–Kier alpha value is -2.00. The number of fused-ring (bicyclic) bond motifs is 1. The number of aromatic nitrogens is 1. The maximum absolute atomic E-state index is 11.3. The predicted molar refractivity (Wildman–Crippen MR) is 75.1 cm³/mol. The molecular formula is C15H11NOS. The SMILES string of the molecule is CC(=O)c1ncc(-c2ccc3ccccc3c2)s1. The van der Waals surface area contributed by atoms with Crippen LogP contribution in [0.1, 0.15) is 16.7 Å². The summed E-state index contributed by atoms with van der Waals surface area (Å²) in [4.78, 5) is 16.4. The van der Waals surface area contributed by atoms with E-state index in [0.717, 1.165) is 10.4 Å². The van der Waals surface area contributed by atoms with Crippen LogP contribution in [-0.4, -0.2) is 10.8 Å². The summed E-state index contributed by atoms with van der Waals surface area (Å²) in [7, 11) is 0. The molecule has 0 amide bonds. The Kier molecular flexibility index (Phi) is 2.68. The predicted octanol–water partition coefficient (Wildman–Crippen LogP) is 4.17. The van der Waals surface area contributed by atoms with Crippen molar-refractivity contribution >= 4 is 27.9 Å². The maximum atomic E-state index is 11.3. The highest BCUT2D eigenvalue weighted by Crippen LogP contribution is 2.29. The number of thiazole rings is 1. The van der Waals surface area contributed by atoms with Gasteiger partial charge < -0.3 is 0 Å². The van der Waals surface area contributed by atoms with E-state index >= 15 is 0 Å². The van der Waals surface area contributed by atoms with Crippen molar-refractivity contribution in [1.82, 2.24) is 4.98 Å². The van der Waals surface area contributed by atoms with Gasteiger partial charge in [0.05, 0.1) is 4.88 Å². The van der Waals surface area contributed by atoms with Crippen molar-refractivity contribution in [2.45, 2.75) is 6.92 Å². The van der Waals surface area contributed by atoms with Crippen molar-refractivity contribution in [3.05, 3.63) is 53.7 Å². The fraction of sp³-hybridized carbons (Fsp3) is 0.0667. The van der Waals surface area contributed by atoms with Gasteiger partial charge in [-0.05, 0) is 22.4 Å². The van der Waals surface area contributed by atoms with E-state index in [1.807, 2.05) is 12.1 Å². The van der Waals surface area contributed by atoms with Gasteiger partial charge in [-0.25, -0.2) is 4.98 Å². The zero-order chi connectivity index (χ0) is 12.5. The number of carbonyl (C=O) groups is 1. The smallest absolute Gasteiger partial charge is 0.188 e. The van der Waals surface area contributed by atoms with Gasteiger partial charge in [0, 0.05) is 13.1 Å². The molecule has 0 bridgehead atoms. The second-order valence-electron chi connectivity index (χ2n) is 4.15. The van der Waals surface area contributed by atoms with Crippen molar-refractivity contribution in [2.75, 3.05) is 0 Å². The van der Waals surface area contributed by atoms with Crippen molar-refractivity contribution in [3.8, 4) is 10.4 Å². The van der Waals surface area contributed by atoms with Crippen LogP contribution >= 0.6 is 11.3 Å². The summed E-state index contributed by atoms with van der Waals surface area (Å²) in [6.07, 6.45) is 1.77. The van der Waals surface area contributed by atoms with E-state index in [2.05, 4.69) is 35.3 Å². The molecular weight excluding hydrogens is 242 g/mol. The summed E-state index contributed by atoms with van der Waals surface area (Å²) >= 11 is 1.44. The van der Waals surface area contributed by atoms with Crippen molar-refractivity contribution < 1.29 is 4.79 Å². The second-order valence-corrected chi connectivity index (χ2v) is 5.18. The first-order valence-corrected chi connectivity index (χ1v) is 6.51. The quantitative estimate of drug-likeness (QED) is 0.642. The molecule has 0 fully saturated rings. The molecule has 0 aliphatic heterocycles. The van der Waals surface area contributed by atoms with E-state index in [9.17, 15) is 4.79 Å². The fourth-order valence-corrected chi connectivity index (χ4v) is 2.72. The molecule has 18 heavy (non-hydrogen) atoms. The van der Waals surface area contributed by atoms with Crippen LogP contribution in [0, 0.1) is 0 Å². The molecule has 0 radical (unpaired) electrons. The third-order valence-corrected chi connectivity index (χ3v) is 3.99. The monoisotopic (exact) mass is 253 g/mol. The minimum atomic E-state index is 0.0204. The van der Waals surface area contributed by atoms with Gasteiger partial charge in [-0.3, -0.25) is 4.79 Å². The van der Waals surface area contributed by atoms with Gasteiger partial charge >= 0.3 is 0 Å². The normalized spacial score (nSPS) is 10.7. The Morgan fingerprint density at radius 3 is 2.61 bits per heavy atom. The molecule has 2 nitrogen and oxygen atoms in total. The zero-order valence-electron chi connectivity index (χ0n) is 9.88. The Morgan fingerprint density at radius 1 is 1.11 bits per heavy atom. The number of carbonyl (C=O) groups excluding carboxylic acids is 1. The van der Waals surface area contributed by atoms with E-state index in [-0.39, 0.29) is 5.78 Å². The van der Waals surface area contributed by atoms with E-state index in [4.69, 9.17) is 0 Å². The molecule has 0 saturated carbocycles. The van der Waals surface area contributed by atoms with E-state index in [1.165, 1.54) is 22.1 Å². The minimum absolute atomic E-state index is 0.0204. The Labute approximate surface area is 109 Å². The summed E-state index contributed by atoms with van der Waals surface area (Å²) in [5.74, 6) is 0.0204. The molecule has 3 aromatic rings. The molecule has 0 unspecified atom stereocenters. The molecule has 1 heterocycles. The van der Waals surface area contributed by atoms with Gasteiger partial charge in [0.2, 0.25) is 0 Å². The van der Waals surface area contributed by atoms with Crippen molar-refractivity contribution in [3.63, 3.8) is 0 Å². The van der Waals surface area contributed by atoms with Crippen LogP contribution in [0.2, 0.25) is 0 Å². The van der Waals surface area contributed by atoms with Gasteiger partial charge in [-0.15, -0.1) is 11.3 Å². The first kappa shape index (κ1) is 11.1. The summed E-state index contributed by atoms with van der Waals surface area (Å²) in [5.41, 5.74) is 1.11. The van der Waals surface area contributed by atoms with Crippen LogP contribution in [0.4, 0.5) is 0 Å². The molecule has 3 heteroatoms. The Bertz CT molecular complexity index is 730. The van der Waals surface area contributed by atoms with Gasteiger partial charge in [0.1, 0.15) is 0 Å². The summed E-state index contributed by atoms with van der Waals surface area (Å²) in [5, 5.41) is 2.99. The van der Waals surface area contributed by atoms with Gasteiger partial charge in [-0.1, -0.05) is 36.4 Å². The highest BCUT2D eigenvalue weighted by atomic mass is 32.1. The number of nitrogens with zero attached hydrogens (tertiary/aromatic N) is 1. The molecule has 0 N–H and O–H groups in total. The molecule has 88 valence electrons. The third-order valence-electron chi connectivity index (χ3n) is 2.84. The minimum Gasteiger partial charge on any atom is -0.292 e. The lowest BCUT2D eigenvalue weighted by Gasteiger charge is -2.00. The highest BCUT2D eigenvalue weighted by Gasteiger charge is 2.08. The molecule has 3 rings (SSSR count). The number of hydrogen-bond donors (Lipinski definition) is 0. The van der Waals surface area contributed by atoms with E-state index < -0.39 is 0 Å². The van der Waals surface area contributed by atoms with Crippen LogP contribution in [0.15, 0.2) is 48.7 Å². The average molecular weight is 253 g/mol. The lowest BCUT2D eigenvalue weighted by atomic mass is 10.1. The first-order chi connectivity index (χ1) is 8.74. The molecule has 0 aliphatic carbocycles. The molecule has 0 aliphatic rings. The lowest BCUT2D eigenvalue weighted by molar-refractivity contribution is 0.101.